The largest absolute Gasteiger partial charge is 0.463 e. The van der Waals surface area contributed by atoms with Gasteiger partial charge in [-0.05, 0) is 24.5 Å². The van der Waals surface area contributed by atoms with Crippen LogP contribution in [0.25, 0.3) is 0 Å². The van der Waals surface area contributed by atoms with Crippen molar-refractivity contribution in [3.8, 4) is 0 Å². The Balaban J connectivity index is 2.29. The minimum atomic E-state index is -0.380. The molecule has 0 spiro atoms. The molecular weight excluding hydrogens is 212 g/mol. The number of halogens is 1. The number of hydrogen-bond acceptors (Lipinski definition) is 2. The second-order valence-corrected chi connectivity index (χ2v) is 3.47. The standard InChI is InChI=1S/C12H13ClO2/c1-2-12(14)15-9-5-7-10-6-3-4-8-11(10)13/h2-4,6,8H,1,5,7,9H2. The van der Waals surface area contributed by atoms with E-state index < -0.39 is 0 Å². The lowest BCUT2D eigenvalue weighted by Gasteiger charge is -2.04. The summed E-state index contributed by atoms with van der Waals surface area (Å²) in [4.78, 5) is 10.7. The van der Waals surface area contributed by atoms with Gasteiger partial charge in [-0.3, -0.25) is 0 Å². The minimum absolute atomic E-state index is 0.380. The summed E-state index contributed by atoms with van der Waals surface area (Å²) < 4.78 is 4.85. The van der Waals surface area contributed by atoms with Crippen LogP contribution >= 0.6 is 11.6 Å². The normalized spacial score (nSPS) is 9.67. The maximum atomic E-state index is 10.7. The summed E-state index contributed by atoms with van der Waals surface area (Å²) in [6.45, 7) is 3.71. The van der Waals surface area contributed by atoms with Gasteiger partial charge in [0, 0.05) is 11.1 Å². The van der Waals surface area contributed by atoms with Crippen LogP contribution in [-0.4, -0.2) is 12.6 Å². The lowest BCUT2D eigenvalue weighted by atomic mass is 10.1. The molecule has 2 nitrogen and oxygen atoms in total. The van der Waals surface area contributed by atoms with Crippen molar-refractivity contribution in [2.75, 3.05) is 6.61 Å². The van der Waals surface area contributed by atoms with Gasteiger partial charge in [-0.2, -0.15) is 0 Å². The molecule has 0 aliphatic carbocycles. The molecular formula is C12H13ClO2. The molecule has 0 heterocycles. The second-order valence-electron chi connectivity index (χ2n) is 3.07. The molecule has 0 saturated heterocycles. The van der Waals surface area contributed by atoms with Crippen LogP contribution in [0.2, 0.25) is 5.02 Å². The Morgan fingerprint density at radius 3 is 2.87 bits per heavy atom. The van der Waals surface area contributed by atoms with Gasteiger partial charge in [0.25, 0.3) is 0 Å². The van der Waals surface area contributed by atoms with Gasteiger partial charge in [0.15, 0.2) is 0 Å². The first kappa shape index (κ1) is 11.8. The molecule has 15 heavy (non-hydrogen) atoms. The molecule has 0 N–H and O–H groups in total. The van der Waals surface area contributed by atoms with Gasteiger partial charge in [-0.25, -0.2) is 4.79 Å². The molecule has 0 fully saturated rings. The van der Waals surface area contributed by atoms with Crippen molar-refractivity contribution in [2.45, 2.75) is 12.8 Å². The van der Waals surface area contributed by atoms with Crippen LogP contribution in [0.15, 0.2) is 36.9 Å². The van der Waals surface area contributed by atoms with Crippen LogP contribution in [0, 0.1) is 0 Å². The molecule has 0 saturated carbocycles. The topological polar surface area (TPSA) is 26.3 Å². The molecule has 80 valence electrons. The quantitative estimate of drug-likeness (QED) is 0.437. The Hall–Kier alpha value is -1.28. The summed E-state index contributed by atoms with van der Waals surface area (Å²) in [7, 11) is 0. The zero-order valence-electron chi connectivity index (χ0n) is 8.41. The van der Waals surface area contributed by atoms with Gasteiger partial charge in [0.1, 0.15) is 0 Å². The third-order valence-electron chi connectivity index (χ3n) is 1.96. The van der Waals surface area contributed by atoms with Crippen LogP contribution in [0.4, 0.5) is 0 Å². The van der Waals surface area contributed by atoms with Crippen molar-refractivity contribution in [3.63, 3.8) is 0 Å². The fourth-order valence-electron chi connectivity index (χ4n) is 1.20. The molecule has 0 aliphatic heterocycles. The van der Waals surface area contributed by atoms with E-state index in [9.17, 15) is 4.79 Å². The van der Waals surface area contributed by atoms with E-state index >= 15 is 0 Å². The first-order chi connectivity index (χ1) is 7.24. The third-order valence-corrected chi connectivity index (χ3v) is 2.33. The van der Waals surface area contributed by atoms with Crippen molar-refractivity contribution in [2.24, 2.45) is 0 Å². The Kier molecular flexibility index (Phi) is 4.91. The molecule has 1 rings (SSSR count). The van der Waals surface area contributed by atoms with Gasteiger partial charge >= 0.3 is 5.97 Å². The van der Waals surface area contributed by atoms with E-state index in [0.29, 0.717) is 6.61 Å². The van der Waals surface area contributed by atoms with E-state index in [1.807, 2.05) is 24.3 Å². The highest BCUT2D eigenvalue weighted by atomic mass is 35.5. The smallest absolute Gasteiger partial charge is 0.330 e. The van der Waals surface area contributed by atoms with Crippen LogP contribution in [0.5, 0.6) is 0 Å². The number of esters is 1. The molecule has 0 unspecified atom stereocenters. The Labute approximate surface area is 94.5 Å². The second kappa shape index (κ2) is 6.25. The number of ether oxygens (including phenoxy) is 1. The Bertz CT molecular complexity index is 347. The van der Waals surface area contributed by atoms with Gasteiger partial charge in [-0.15, -0.1) is 0 Å². The average molecular weight is 225 g/mol. The molecule has 0 atom stereocenters. The monoisotopic (exact) mass is 224 g/mol. The fraction of sp³-hybridized carbons (Fsp3) is 0.250. The van der Waals surface area contributed by atoms with E-state index in [1.165, 1.54) is 0 Å². The molecule has 0 aliphatic rings. The predicted molar refractivity (Wildman–Crippen MR) is 60.9 cm³/mol. The molecule has 1 aromatic carbocycles. The van der Waals surface area contributed by atoms with E-state index in [2.05, 4.69) is 6.58 Å². The van der Waals surface area contributed by atoms with E-state index in [4.69, 9.17) is 16.3 Å². The van der Waals surface area contributed by atoms with Crippen molar-refractivity contribution >= 4 is 17.6 Å². The predicted octanol–water partition coefficient (Wildman–Crippen LogP) is 3.00. The molecule has 1 aromatic rings. The molecule has 0 bridgehead atoms. The lowest BCUT2D eigenvalue weighted by Crippen LogP contribution is -2.02. The average Bonchev–Trinajstić information content (AvgIpc) is 2.26. The van der Waals surface area contributed by atoms with Crippen molar-refractivity contribution in [1.82, 2.24) is 0 Å². The molecule has 0 radical (unpaired) electrons. The molecule has 0 amide bonds. The summed E-state index contributed by atoms with van der Waals surface area (Å²) in [5.41, 5.74) is 1.08. The first-order valence-electron chi connectivity index (χ1n) is 4.76. The highest BCUT2D eigenvalue weighted by Crippen LogP contribution is 2.16. The highest BCUT2D eigenvalue weighted by Gasteiger charge is 1.99. The maximum absolute atomic E-state index is 10.7. The van der Waals surface area contributed by atoms with Crippen molar-refractivity contribution < 1.29 is 9.53 Å². The zero-order chi connectivity index (χ0) is 11.1. The summed E-state index contributed by atoms with van der Waals surface area (Å²) in [6, 6.07) is 7.66. The van der Waals surface area contributed by atoms with Gasteiger partial charge in [0.2, 0.25) is 0 Å². The van der Waals surface area contributed by atoms with E-state index in [1.54, 1.807) is 0 Å². The number of hydrogen-bond donors (Lipinski definition) is 0. The first-order valence-corrected chi connectivity index (χ1v) is 5.14. The van der Waals surface area contributed by atoms with Gasteiger partial charge < -0.3 is 4.74 Å². The highest BCUT2D eigenvalue weighted by molar-refractivity contribution is 6.31. The number of benzene rings is 1. The zero-order valence-corrected chi connectivity index (χ0v) is 9.17. The summed E-state index contributed by atoms with van der Waals surface area (Å²) >= 11 is 5.97. The van der Waals surface area contributed by atoms with Crippen LogP contribution in [0.3, 0.4) is 0 Å². The molecule has 3 heteroatoms. The SMILES string of the molecule is C=CC(=O)OCCCc1ccccc1Cl. The van der Waals surface area contributed by atoms with Crippen molar-refractivity contribution in [1.29, 1.82) is 0 Å². The van der Waals surface area contributed by atoms with Crippen LogP contribution in [0.1, 0.15) is 12.0 Å². The Morgan fingerprint density at radius 2 is 2.20 bits per heavy atom. The molecule has 0 aromatic heterocycles. The fourth-order valence-corrected chi connectivity index (χ4v) is 1.43. The summed E-state index contributed by atoms with van der Waals surface area (Å²) in [5.74, 6) is -0.380. The Morgan fingerprint density at radius 1 is 1.47 bits per heavy atom. The number of carbonyl (C=O) groups excluding carboxylic acids is 1. The number of rotatable bonds is 5. The summed E-state index contributed by atoms with van der Waals surface area (Å²) in [6.07, 6.45) is 2.74. The van der Waals surface area contributed by atoms with Gasteiger partial charge in [-0.1, -0.05) is 36.4 Å². The number of carbonyl (C=O) groups is 1. The van der Waals surface area contributed by atoms with Crippen LogP contribution < -0.4 is 0 Å². The van der Waals surface area contributed by atoms with Crippen LogP contribution in [-0.2, 0) is 16.0 Å². The minimum Gasteiger partial charge on any atom is -0.463 e. The lowest BCUT2D eigenvalue weighted by molar-refractivity contribution is -0.137. The van der Waals surface area contributed by atoms with Crippen molar-refractivity contribution in [3.05, 3.63) is 47.5 Å². The number of aryl methyl sites for hydroxylation is 1. The third kappa shape index (κ3) is 4.17. The maximum Gasteiger partial charge on any atom is 0.330 e. The van der Waals surface area contributed by atoms with E-state index in [0.717, 1.165) is 29.5 Å². The van der Waals surface area contributed by atoms with E-state index in [-0.39, 0.29) is 5.97 Å². The summed E-state index contributed by atoms with van der Waals surface area (Å²) in [5, 5.41) is 0.757. The van der Waals surface area contributed by atoms with Gasteiger partial charge in [0.05, 0.1) is 6.61 Å².